The Kier molecular flexibility index (Phi) is 3.10. The van der Waals surface area contributed by atoms with Crippen molar-refractivity contribution in [2.45, 2.75) is 6.42 Å². The summed E-state index contributed by atoms with van der Waals surface area (Å²) >= 11 is 0. The molecule has 0 atom stereocenters. The van der Waals surface area contributed by atoms with E-state index in [0.29, 0.717) is 11.4 Å². The number of nitrogen functional groups attached to an aromatic ring is 1. The Hall–Kier alpha value is -1.97. The average molecular weight is 219 g/mol. The quantitative estimate of drug-likeness (QED) is 0.691. The highest BCUT2D eigenvalue weighted by molar-refractivity contribution is 5.65. The summed E-state index contributed by atoms with van der Waals surface area (Å²) in [6, 6.07) is 6.34. The van der Waals surface area contributed by atoms with Crippen LogP contribution in [0.25, 0.3) is 0 Å². The standard InChI is InChI=1S/C12H14FN3/c13-10-1-2-11(14)12(7-10)16-6-4-9-3-5-15-8-9/h1-3,5,7-8,15-16H,4,6,14H2. The minimum atomic E-state index is -0.279. The monoisotopic (exact) mass is 219 g/mol. The number of H-pyrrole nitrogens is 1. The highest BCUT2D eigenvalue weighted by Crippen LogP contribution is 2.18. The molecule has 0 spiro atoms. The Bertz CT molecular complexity index is 451. The van der Waals surface area contributed by atoms with E-state index in [0.717, 1.165) is 13.0 Å². The van der Waals surface area contributed by atoms with Crippen molar-refractivity contribution in [1.29, 1.82) is 0 Å². The molecular formula is C12H14FN3. The van der Waals surface area contributed by atoms with Crippen molar-refractivity contribution in [3.05, 3.63) is 48.0 Å². The summed E-state index contributed by atoms with van der Waals surface area (Å²) in [5, 5.41) is 3.11. The van der Waals surface area contributed by atoms with Crippen LogP contribution in [0.1, 0.15) is 5.56 Å². The van der Waals surface area contributed by atoms with Gasteiger partial charge < -0.3 is 16.0 Å². The molecule has 0 aliphatic rings. The average Bonchev–Trinajstić information content (AvgIpc) is 2.76. The van der Waals surface area contributed by atoms with Crippen LogP contribution in [0.5, 0.6) is 0 Å². The number of benzene rings is 1. The molecule has 84 valence electrons. The number of nitrogens with two attached hydrogens (primary N) is 1. The molecule has 0 radical (unpaired) electrons. The van der Waals surface area contributed by atoms with Crippen LogP contribution in [0.3, 0.4) is 0 Å². The lowest BCUT2D eigenvalue weighted by atomic mass is 10.2. The highest BCUT2D eigenvalue weighted by atomic mass is 19.1. The van der Waals surface area contributed by atoms with Gasteiger partial charge in [-0.2, -0.15) is 0 Å². The summed E-state index contributed by atoms with van der Waals surface area (Å²) in [6.45, 7) is 0.728. The Labute approximate surface area is 93.5 Å². The van der Waals surface area contributed by atoms with Crippen molar-refractivity contribution in [3.63, 3.8) is 0 Å². The Morgan fingerprint density at radius 2 is 2.19 bits per heavy atom. The predicted molar refractivity (Wildman–Crippen MR) is 63.8 cm³/mol. The normalized spacial score (nSPS) is 10.3. The molecule has 4 N–H and O–H groups in total. The zero-order valence-corrected chi connectivity index (χ0v) is 8.83. The van der Waals surface area contributed by atoms with Crippen LogP contribution in [-0.2, 0) is 6.42 Å². The SMILES string of the molecule is Nc1ccc(F)cc1NCCc1cc[nH]c1. The summed E-state index contributed by atoms with van der Waals surface area (Å²) in [5.41, 5.74) is 8.14. The van der Waals surface area contributed by atoms with Crippen molar-refractivity contribution in [2.75, 3.05) is 17.6 Å². The minimum absolute atomic E-state index is 0.279. The third-order valence-electron chi connectivity index (χ3n) is 2.41. The zero-order valence-electron chi connectivity index (χ0n) is 8.83. The molecule has 3 nitrogen and oxygen atoms in total. The maximum Gasteiger partial charge on any atom is 0.125 e. The molecule has 2 rings (SSSR count). The molecule has 1 aromatic carbocycles. The summed E-state index contributed by atoms with van der Waals surface area (Å²) in [6.07, 6.45) is 4.70. The second-order valence-corrected chi connectivity index (χ2v) is 3.63. The summed E-state index contributed by atoms with van der Waals surface area (Å²) in [7, 11) is 0. The van der Waals surface area contributed by atoms with E-state index >= 15 is 0 Å². The molecule has 0 aliphatic carbocycles. The number of aromatic nitrogens is 1. The van der Waals surface area contributed by atoms with Crippen molar-refractivity contribution in [2.24, 2.45) is 0 Å². The van der Waals surface area contributed by atoms with Gasteiger partial charge in [0, 0.05) is 18.9 Å². The van der Waals surface area contributed by atoms with Gasteiger partial charge in [-0.3, -0.25) is 0 Å². The van der Waals surface area contributed by atoms with E-state index in [1.165, 1.54) is 17.7 Å². The third-order valence-corrected chi connectivity index (χ3v) is 2.41. The number of aromatic amines is 1. The fourth-order valence-electron chi connectivity index (χ4n) is 1.54. The van der Waals surface area contributed by atoms with Crippen LogP contribution < -0.4 is 11.1 Å². The van der Waals surface area contributed by atoms with Gasteiger partial charge in [0.25, 0.3) is 0 Å². The summed E-state index contributed by atoms with van der Waals surface area (Å²) < 4.78 is 12.9. The van der Waals surface area contributed by atoms with Gasteiger partial charge in [-0.15, -0.1) is 0 Å². The van der Waals surface area contributed by atoms with Gasteiger partial charge in [-0.1, -0.05) is 0 Å². The number of anilines is 2. The minimum Gasteiger partial charge on any atom is -0.397 e. The van der Waals surface area contributed by atoms with Crippen LogP contribution in [0.2, 0.25) is 0 Å². The van der Waals surface area contributed by atoms with Crippen molar-refractivity contribution in [3.8, 4) is 0 Å². The lowest BCUT2D eigenvalue weighted by Gasteiger charge is -2.08. The van der Waals surface area contributed by atoms with Gasteiger partial charge in [0.05, 0.1) is 11.4 Å². The van der Waals surface area contributed by atoms with Gasteiger partial charge in [0.1, 0.15) is 5.82 Å². The van der Waals surface area contributed by atoms with E-state index in [1.807, 2.05) is 18.5 Å². The van der Waals surface area contributed by atoms with E-state index in [1.54, 1.807) is 6.07 Å². The fourth-order valence-corrected chi connectivity index (χ4v) is 1.54. The molecule has 2 aromatic rings. The summed E-state index contributed by atoms with van der Waals surface area (Å²) in [4.78, 5) is 2.99. The van der Waals surface area contributed by atoms with E-state index < -0.39 is 0 Å². The van der Waals surface area contributed by atoms with Gasteiger partial charge in [-0.25, -0.2) is 4.39 Å². The van der Waals surface area contributed by atoms with Crippen LogP contribution in [0.15, 0.2) is 36.7 Å². The molecule has 0 bridgehead atoms. The first kappa shape index (κ1) is 10.5. The second kappa shape index (κ2) is 4.70. The predicted octanol–water partition coefficient (Wildman–Crippen LogP) is 2.39. The largest absolute Gasteiger partial charge is 0.397 e. The maximum atomic E-state index is 12.9. The molecule has 0 aliphatic heterocycles. The van der Waals surface area contributed by atoms with E-state index in [9.17, 15) is 4.39 Å². The van der Waals surface area contributed by atoms with Crippen molar-refractivity contribution in [1.82, 2.24) is 4.98 Å². The molecule has 0 amide bonds. The van der Waals surface area contributed by atoms with E-state index in [-0.39, 0.29) is 5.82 Å². The van der Waals surface area contributed by atoms with Gasteiger partial charge in [0.2, 0.25) is 0 Å². The first-order valence-electron chi connectivity index (χ1n) is 5.16. The Balaban J connectivity index is 1.92. The van der Waals surface area contributed by atoms with Crippen LogP contribution in [0.4, 0.5) is 15.8 Å². The molecule has 0 saturated heterocycles. The molecule has 0 unspecified atom stereocenters. The highest BCUT2D eigenvalue weighted by Gasteiger charge is 2.00. The number of hydrogen-bond acceptors (Lipinski definition) is 2. The first-order chi connectivity index (χ1) is 7.75. The lowest BCUT2D eigenvalue weighted by molar-refractivity contribution is 0.628. The molecule has 0 fully saturated rings. The van der Waals surface area contributed by atoms with E-state index in [2.05, 4.69) is 10.3 Å². The zero-order chi connectivity index (χ0) is 11.4. The smallest absolute Gasteiger partial charge is 0.125 e. The van der Waals surface area contributed by atoms with Crippen LogP contribution >= 0.6 is 0 Å². The second-order valence-electron chi connectivity index (χ2n) is 3.63. The van der Waals surface area contributed by atoms with Crippen molar-refractivity contribution >= 4 is 11.4 Å². The number of rotatable bonds is 4. The maximum absolute atomic E-state index is 12.9. The number of hydrogen-bond donors (Lipinski definition) is 3. The van der Waals surface area contributed by atoms with Gasteiger partial charge in [0.15, 0.2) is 0 Å². The molecule has 16 heavy (non-hydrogen) atoms. The van der Waals surface area contributed by atoms with Crippen LogP contribution in [-0.4, -0.2) is 11.5 Å². The van der Waals surface area contributed by atoms with Gasteiger partial charge in [-0.05, 0) is 36.2 Å². The number of halogens is 1. The molecular weight excluding hydrogens is 205 g/mol. The van der Waals surface area contributed by atoms with E-state index in [4.69, 9.17) is 5.73 Å². The topological polar surface area (TPSA) is 53.8 Å². The Morgan fingerprint density at radius 3 is 2.94 bits per heavy atom. The third kappa shape index (κ3) is 2.53. The summed E-state index contributed by atoms with van der Waals surface area (Å²) in [5.74, 6) is -0.279. The Morgan fingerprint density at radius 1 is 1.31 bits per heavy atom. The molecule has 1 aromatic heterocycles. The molecule has 0 saturated carbocycles. The first-order valence-corrected chi connectivity index (χ1v) is 5.16. The fraction of sp³-hybridized carbons (Fsp3) is 0.167. The van der Waals surface area contributed by atoms with Crippen LogP contribution in [0, 0.1) is 5.82 Å². The molecule has 4 heteroatoms. The van der Waals surface area contributed by atoms with Crippen molar-refractivity contribution < 1.29 is 4.39 Å². The number of nitrogens with one attached hydrogen (secondary N) is 2. The molecule has 1 heterocycles. The van der Waals surface area contributed by atoms with Gasteiger partial charge >= 0.3 is 0 Å². The lowest BCUT2D eigenvalue weighted by Crippen LogP contribution is -2.06.